The summed E-state index contributed by atoms with van der Waals surface area (Å²) in [5, 5.41) is 0. The minimum Gasteiger partial charge on any atom is -1.00 e. The number of rotatable bonds is 2. The van der Waals surface area contributed by atoms with E-state index < -0.39 is 0 Å². The quantitative estimate of drug-likeness (QED) is 0.349. The first-order valence-electron chi connectivity index (χ1n) is 2.06. The Labute approximate surface area is 104 Å². The molecule has 0 aliphatic rings. The summed E-state index contributed by atoms with van der Waals surface area (Å²) in [4.78, 5) is 0. The summed E-state index contributed by atoms with van der Waals surface area (Å²) in [7, 11) is 0. The predicted molar refractivity (Wildman–Crippen MR) is 20.8 cm³/mol. The average Bonchev–Trinajstić information content (AvgIpc) is 1.35. The van der Waals surface area contributed by atoms with E-state index in [9.17, 15) is 0 Å². The third kappa shape index (κ3) is 25.3. The molecular weight excluding hydrogens is 482 g/mol. The van der Waals surface area contributed by atoms with Crippen molar-refractivity contribution in [3.8, 4) is 0 Å². The van der Waals surface area contributed by atoms with Crippen LogP contribution in [0.4, 0.5) is 0 Å². The minimum atomic E-state index is 0. The van der Waals surface area contributed by atoms with E-state index in [-0.39, 0.29) is 50.9 Å². The third-order valence-corrected chi connectivity index (χ3v) is 1.02. The summed E-state index contributed by atoms with van der Waals surface area (Å²) in [6.45, 7) is 5.24. The molecule has 0 rings (SSSR count). The molecule has 0 aliphatic heterocycles. The van der Waals surface area contributed by atoms with Gasteiger partial charge in [0.25, 0.3) is 0 Å². The van der Waals surface area contributed by atoms with Crippen LogP contribution in [-0.2, 0) is 27.7 Å². The van der Waals surface area contributed by atoms with Gasteiger partial charge < -0.3 is 50.9 Å². The Bertz CT molecular complexity index is 37.0. The van der Waals surface area contributed by atoms with Crippen LogP contribution >= 0.6 is 0 Å². The van der Waals surface area contributed by atoms with Gasteiger partial charge in [-0.1, -0.05) is 0 Å². The van der Waals surface area contributed by atoms with Gasteiger partial charge in [-0.15, -0.1) is 0 Å². The van der Waals surface area contributed by atoms with Crippen LogP contribution in [0.25, 0.3) is 0 Å². The summed E-state index contributed by atoms with van der Waals surface area (Å²) in [6, 6.07) is 0. The van der Waals surface area contributed by atoms with E-state index in [0.29, 0.717) is 5.92 Å². The normalized spacial score (nSPS) is 6.78. The van der Waals surface area contributed by atoms with Crippen LogP contribution < -0.4 is 50.9 Å². The molecule has 0 unspecified atom stereocenters. The molecule has 0 spiro atoms. The molecule has 9 heavy (non-hydrogen) atoms. The smallest absolute Gasteiger partial charge is 1.00 e. The van der Waals surface area contributed by atoms with Crippen molar-refractivity contribution in [2.45, 2.75) is 13.8 Å². The van der Waals surface area contributed by atoms with Gasteiger partial charge in [0.2, 0.25) is 0 Å². The summed E-state index contributed by atoms with van der Waals surface area (Å²) in [5.41, 5.74) is 0. The first kappa shape index (κ1) is 22.5. The van der Waals surface area contributed by atoms with E-state index in [1.54, 1.807) is 0 Å². The third-order valence-electron chi connectivity index (χ3n) is 0.417. The first-order chi connectivity index (χ1) is 2.77. The average molecular weight is 491 g/mol. The zero-order valence-electron chi connectivity index (χ0n) is 5.33. The number of hydrogen-bond acceptors (Lipinski definition) is 1. The molecule has 0 saturated heterocycles. The topological polar surface area (TPSA) is 9.23 Å². The predicted octanol–water partition coefficient (Wildman–Crippen LogP) is -7.87. The Balaban J connectivity index is -0.0000000417. The second-order valence-corrected chi connectivity index (χ2v) is 2.74. The van der Waals surface area contributed by atoms with Gasteiger partial charge in [-0.25, -0.2) is 0 Å². The maximum atomic E-state index is 4.94. The Hall–Kier alpha value is 2.27. The van der Waals surface area contributed by atoms with Crippen LogP contribution in [0.15, 0.2) is 0 Å². The van der Waals surface area contributed by atoms with Crippen molar-refractivity contribution in [2.75, 3.05) is 6.61 Å². The first-order valence-corrected chi connectivity index (χ1v) is 3.52. The van der Waals surface area contributed by atoms with E-state index in [1.165, 1.54) is 0 Å². The molecule has 0 aromatic carbocycles. The molecular formula is C4H9Br3HfO. The Morgan fingerprint density at radius 2 is 1.56 bits per heavy atom. The van der Waals surface area contributed by atoms with E-state index in [1.807, 2.05) is 0 Å². The monoisotopic (exact) mass is 490 g/mol. The number of halogens is 3. The van der Waals surface area contributed by atoms with Crippen molar-refractivity contribution in [1.82, 2.24) is 0 Å². The van der Waals surface area contributed by atoms with E-state index >= 15 is 0 Å². The van der Waals surface area contributed by atoms with Crippen molar-refractivity contribution in [2.24, 2.45) is 5.92 Å². The molecule has 0 radical (unpaired) electrons. The van der Waals surface area contributed by atoms with Gasteiger partial charge in [0.1, 0.15) is 0 Å². The van der Waals surface area contributed by atoms with Gasteiger partial charge in [-0.05, 0) is 0 Å². The van der Waals surface area contributed by atoms with E-state index in [0.717, 1.165) is 31.4 Å². The molecule has 0 bridgehead atoms. The second kappa shape index (κ2) is 16.7. The van der Waals surface area contributed by atoms with Crippen LogP contribution in [0.2, 0.25) is 0 Å². The summed E-state index contributed by atoms with van der Waals surface area (Å²) in [5.74, 6) is 0.711. The molecule has 5 heteroatoms. The molecule has 0 heterocycles. The van der Waals surface area contributed by atoms with Gasteiger partial charge in [0.05, 0.1) is 0 Å². The second-order valence-electron chi connectivity index (χ2n) is 1.70. The van der Waals surface area contributed by atoms with Crippen LogP contribution in [-0.4, -0.2) is 6.61 Å². The fourth-order valence-corrected chi connectivity index (χ4v) is 1.36. The minimum absolute atomic E-state index is 0. The molecule has 0 atom stereocenters. The molecule has 0 amide bonds. The maximum Gasteiger partial charge on any atom is -1.00 e. The van der Waals surface area contributed by atoms with Gasteiger partial charge >= 0.3 is 54.0 Å². The SMILES string of the molecule is CC(C)C[O][Hf+3].[Br-].[Br-].[Br-]. The van der Waals surface area contributed by atoms with Crippen molar-refractivity contribution in [3.63, 3.8) is 0 Å². The zero-order valence-corrected chi connectivity index (χ0v) is 13.7. The summed E-state index contributed by atoms with van der Waals surface area (Å²) in [6.07, 6.45) is 0. The molecule has 0 saturated carbocycles. The summed E-state index contributed by atoms with van der Waals surface area (Å²) >= 11 is 0.887. The van der Waals surface area contributed by atoms with Crippen LogP contribution in [0.5, 0.6) is 0 Å². The Morgan fingerprint density at radius 1 is 1.22 bits per heavy atom. The van der Waals surface area contributed by atoms with Crippen LogP contribution in [0.3, 0.4) is 0 Å². The molecule has 0 fully saturated rings. The standard InChI is InChI=1S/C4H9O.3BrH.Hf/c1-4(2)3-5;;;;/h4H,3H2,1-2H3;3*1H;/q-1;;;;+4/p-3. The van der Waals surface area contributed by atoms with Crippen molar-refractivity contribution in [3.05, 3.63) is 0 Å². The van der Waals surface area contributed by atoms with Crippen molar-refractivity contribution >= 4 is 0 Å². The van der Waals surface area contributed by atoms with Crippen molar-refractivity contribution < 1.29 is 78.6 Å². The van der Waals surface area contributed by atoms with Gasteiger partial charge in [-0.3, -0.25) is 0 Å². The fraction of sp³-hybridized carbons (Fsp3) is 1.00. The molecule has 0 aromatic rings. The number of hydrogen-bond donors (Lipinski definition) is 0. The van der Waals surface area contributed by atoms with Crippen LogP contribution in [0, 0.1) is 5.92 Å². The largest absolute Gasteiger partial charge is 1.00 e. The Morgan fingerprint density at radius 3 is 1.56 bits per heavy atom. The molecule has 0 N–H and O–H groups in total. The Kier molecular flexibility index (Phi) is 41.7. The fourth-order valence-electron chi connectivity index (χ4n) is 0.167. The van der Waals surface area contributed by atoms with Gasteiger partial charge in [-0.2, -0.15) is 0 Å². The van der Waals surface area contributed by atoms with Gasteiger partial charge in [0.15, 0.2) is 0 Å². The van der Waals surface area contributed by atoms with E-state index in [4.69, 9.17) is 2.85 Å². The van der Waals surface area contributed by atoms with E-state index in [2.05, 4.69) is 13.8 Å². The van der Waals surface area contributed by atoms with Gasteiger partial charge in [0, 0.05) is 0 Å². The van der Waals surface area contributed by atoms with Crippen LogP contribution in [0.1, 0.15) is 13.8 Å². The maximum absolute atomic E-state index is 4.94. The molecule has 0 aromatic heterocycles. The molecule has 56 valence electrons. The molecule has 1 nitrogen and oxygen atoms in total. The summed E-state index contributed by atoms with van der Waals surface area (Å²) < 4.78 is 4.94. The van der Waals surface area contributed by atoms with Crippen molar-refractivity contribution in [1.29, 1.82) is 0 Å². The zero-order chi connectivity index (χ0) is 4.99. The molecule has 0 aliphatic carbocycles.